The van der Waals surface area contributed by atoms with Crippen molar-refractivity contribution < 1.29 is 0 Å². The van der Waals surface area contributed by atoms with Crippen LogP contribution in [0.15, 0.2) is 6.33 Å². The number of aryl methyl sites for hydroxylation is 2. The zero-order valence-corrected chi connectivity index (χ0v) is 13.5. The van der Waals surface area contributed by atoms with E-state index in [2.05, 4.69) is 25.7 Å². The zero-order chi connectivity index (χ0) is 14.9. The largest absolute Gasteiger partial charge is 0.353 e. The standard InChI is InChI=1S/C17H20N4S/c1-2-3-7-20-8-10-21(11-9-20)16-15-13-5-4-6-14(13)22-17(15)19-12-18-16/h1,12H,3-11H2. The Kier molecular flexibility index (Phi) is 3.73. The number of nitrogens with zero attached hydrogens (tertiary/aromatic N) is 4. The topological polar surface area (TPSA) is 32.3 Å². The summed E-state index contributed by atoms with van der Waals surface area (Å²) < 4.78 is 0. The summed E-state index contributed by atoms with van der Waals surface area (Å²) in [4.78, 5) is 16.7. The molecule has 0 radical (unpaired) electrons. The fourth-order valence-electron chi connectivity index (χ4n) is 3.56. The third-order valence-corrected chi connectivity index (χ3v) is 5.93. The first-order chi connectivity index (χ1) is 10.9. The first-order valence-corrected chi connectivity index (χ1v) is 8.84. The van der Waals surface area contributed by atoms with Crippen LogP contribution >= 0.6 is 11.3 Å². The van der Waals surface area contributed by atoms with Crippen molar-refractivity contribution in [2.24, 2.45) is 0 Å². The van der Waals surface area contributed by atoms with Crippen LogP contribution in [-0.4, -0.2) is 47.6 Å². The summed E-state index contributed by atoms with van der Waals surface area (Å²) in [7, 11) is 0. The van der Waals surface area contributed by atoms with Gasteiger partial charge < -0.3 is 4.90 Å². The van der Waals surface area contributed by atoms with Gasteiger partial charge in [0.25, 0.3) is 0 Å². The first kappa shape index (κ1) is 14.0. The van der Waals surface area contributed by atoms with Crippen molar-refractivity contribution >= 4 is 27.4 Å². The van der Waals surface area contributed by atoms with E-state index in [1.165, 1.54) is 39.9 Å². The van der Waals surface area contributed by atoms with E-state index in [1.807, 2.05) is 11.3 Å². The van der Waals surface area contributed by atoms with Gasteiger partial charge in [0.2, 0.25) is 0 Å². The second-order valence-electron chi connectivity index (χ2n) is 6.02. The summed E-state index contributed by atoms with van der Waals surface area (Å²) in [5.41, 5.74) is 1.52. The van der Waals surface area contributed by atoms with Crippen LogP contribution in [0.2, 0.25) is 0 Å². The number of terminal acetylenes is 1. The Balaban J connectivity index is 1.59. The molecule has 0 aromatic carbocycles. The molecule has 1 saturated heterocycles. The van der Waals surface area contributed by atoms with Crippen LogP contribution in [0, 0.1) is 12.3 Å². The molecule has 2 aromatic rings. The SMILES string of the molecule is C#CCCN1CCN(c2ncnc3sc4c(c23)CCC4)CC1. The molecular formula is C17H20N4S. The van der Waals surface area contributed by atoms with Crippen LogP contribution in [0.5, 0.6) is 0 Å². The van der Waals surface area contributed by atoms with Gasteiger partial charge in [-0.25, -0.2) is 9.97 Å². The van der Waals surface area contributed by atoms with Crippen molar-refractivity contribution in [3.05, 3.63) is 16.8 Å². The molecule has 0 N–H and O–H groups in total. The van der Waals surface area contributed by atoms with Crippen LogP contribution in [0.4, 0.5) is 5.82 Å². The maximum atomic E-state index is 5.36. The summed E-state index contributed by atoms with van der Waals surface area (Å²) in [6.07, 6.45) is 11.6. The molecule has 3 heterocycles. The highest BCUT2D eigenvalue weighted by Crippen LogP contribution is 2.40. The lowest BCUT2D eigenvalue weighted by Gasteiger charge is -2.35. The van der Waals surface area contributed by atoms with Gasteiger partial charge in [0.05, 0.1) is 5.39 Å². The van der Waals surface area contributed by atoms with Gasteiger partial charge >= 0.3 is 0 Å². The monoisotopic (exact) mass is 312 g/mol. The lowest BCUT2D eigenvalue weighted by molar-refractivity contribution is 0.263. The molecule has 1 aliphatic heterocycles. The molecule has 2 aliphatic rings. The molecule has 5 heteroatoms. The Morgan fingerprint density at radius 1 is 1.18 bits per heavy atom. The minimum atomic E-state index is 0.843. The fraction of sp³-hybridized carbons (Fsp3) is 0.529. The lowest BCUT2D eigenvalue weighted by atomic mass is 10.1. The molecule has 114 valence electrons. The van der Waals surface area contributed by atoms with Crippen molar-refractivity contribution in [3.8, 4) is 12.3 Å². The Morgan fingerprint density at radius 3 is 2.86 bits per heavy atom. The van der Waals surface area contributed by atoms with E-state index in [1.54, 1.807) is 6.33 Å². The van der Waals surface area contributed by atoms with Crippen molar-refractivity contribution in [2.45, 2.75) is 25.7 Å². The molecule has 4 nitrogen and oxygen atoms in total. The molecule has 0 bridgehead atoms. The van der Waals surface area contributed by atoms with E-state index in [9.17, 15) is 0 Å². The highest BCUT2D eigenvalue weighted by molar-refractivity contribution is 7.19. The predicted molar refractivity (Wildman–Crippen MR) is 91.5 cm³/mol. The first-order valence-electron chi connectivity index (χ1n) is 8.03. The van der Waals surface area contributed by atoms with Gasteiger partial charge in [-0.15, -0.1) is 23.7 Å². The molecular weight excluding hydrogens is 292 g/mol. The zero-order valence-electron chi connectivity index (χ0n) is 12.7. The Labute approximate surface area is 135 Å². The Morgan fingerprint density at radius 2 is 2.05 bits per heavy atom. The summed E-state index contributed by atoms with van der Waals surface area (Å²) in [6, 6.07) is 0. The maximum absolute atomic E-state index is 5.36. The molecule has 1 fully saturated rings. The van der Waals surface area contributed by atoms with E-state index in [4.69, 9.17) is 6.42 Å². The second-order valence-corrected chi connectivity index (χ2v) is 7.10. The van der Waals surface area contributed by atoms with Gasteiger partial charge in [-0.1, -0.05) is 0 Å². The minimum Gasteiger partial charge on any atom is -0.353 e. The second kappa shape index (κ2) is 5.86. The molecule has 0 atom stereocenters. The lowest BCUT2D eigenvalue weighted by Crippen LogP contribution is -2.47. The summed E-state index contributed by atoms with van der Waals surface area (Å²) >= 11 is 1.87. The average Bonchev–Trinajstić information content (AvgIpc) is 3.13. The highest BCUT2D eigenvalue weighted by atomic mass is 32.1. The number of rotatable bonds is 3. The third-order valence-electron chi connectivity index (χ3n) is 4.73. The number of piperazine rings is 1. The molecule has 0 amide bonds. The number of hydrogen-bond donors (Lipinski definition) is 0. The van der Waals surface area contributed by atoms with Crippen LogP contribution in [0.1, 0.15) is 23.3 Å². The molecule has 0 spiro atoms. The number of thiophene rings is 1. The molecule has 1 aliphatic carbocycles. The number of hydrogen-bond acceptors (Lipinski definition) is 5. The number of anilines is 1. The van der Waals surface area contributed by atoms with Crippen molar-refractivity contribution in [3.63, 3.8) is 0 Å². The van der Waals surface area contributed by atoms with Crippen LogP contribution in [-0.2, 0) is 12.8 Å². The van der Waals surface area contributed by atoms with E-state index >= 15 is 0 Å². The van der Waals surface area contributed by atoms with E-state index in [0.29, 0.717) is 0 Å². The molecule has 22 heavy (non-hydrogen) atoms. The molecule has 0 saturated carbocycles. The summed E-state index contributed by atoms with van der Waals surface area (Å²) in [5, 5.41) is 1.33. The van der Waals surface area contributed by atoms with E-state index < -0.39 is 0 Å². The normalized spacial score (nSPS) is 18.6. The minimum absolute atomic E-state index is 0.843. The van der Waals surface area contributed by atoms with Gasteiger partial charge in [-0.2, -0.15) is 0 Å². The Hall–Kier alpha value is -1.64. The maximum Gasteiger partial charge on any atom is 0.141 e. The fourth-order valence-corrected chi connectivity index (χ4v) is 4.78. The molecule has 0 unspecified atom stereocenters. The van der Waals surface area contributed by atoms with E-state index in [-0.39, 0.29) is 0 Å². The van der Waals surface area contributed by atoms with Gasteiger partial charge in [-0.3, -0.25) is 4.90 Å². The van der Waals surface area contributed by atoms with Crippen LogP contribution < -0.4 is 4.90 Å². The van der Waals surface area contributed by atoms with Gasteiger partial charge in [-0.05, 0) is 24.8 Å². The van der Waals surface area contributed by atoms with Crippen molar-refractivity contribution in [1.29, 1.82) is 0 Å². The van der Waals surface area contributed by atoms with Crippen LogP contribution in [0.3, 0.4) is 0 Å². The van der Waals surface area contributed by atoms with Gasteiger partial charge in [0.1, 0.15) is 17.0 Å². The summed E-state index contributed by atoms with van der Waals surface area (Å²) in [6.45, 7) is 5.21. The van der Waals surface area contributed by atoms with Crippen molar-refractivity contribution in [2.75, 3.05) is 37.6 Å². The predicted octanol–water partition coefficient (Wildman–Crippen LogP) is 2.33. The van der Waals surface area contributed by atoms with Gasteiger partial charge in [0.15, 0.2) is 0 Å². The van der Waals surface area contributed by atoms with Gasteiger partial charge in [0, 0.05) is 44.0 Å². The Bertz CT molecular complexity index is 722. The third kappa shape index (κ3) is 2.37. The van der Waals surface area contributed by atoms with Crippen molar-refractivity contribution in [1.82, 2.24) is 14.9 Å². The van der Waals surface area contributed by atoms with Crippen LogP contribution in [0.25, 0.3) is 10.2 Å². The quantitative estimate of drug-likeness (QED) is 0.814. The number of aromatic nitrogens is 2. The highest BCUT2D eigenvalue weighted by Gasteiger charge is 2.25. The van der Waals surface area contributed by atoms with E-state index in [0.717, 1.165) is 45.0 Å². The molecule has 4 rings (SSSR count). The smallest absolute Gasteiger partial charge is 0.141 e. The summed E-state index contributed by atoms with van der Waals surface area (Å²) in [5.74, 6) is 3.89. The number of fused-ring (bicyclic) bond motifs is 3. The average molecular weight is 312 g/mol. The molecule has 2 aromatic heterocycles.